The molecule has 0 bridgehead atoms. The minimum absolute atomic E-state index is 0.0316. The number of nitrogens with two attached hydrogens (primary N) is 1. The van der Waals surface area contributed by atoms with Gasteiger partial charge in [0.15, 0.2) is 0 Å². The van der Waals surface area contributed by atoms with Crippen LogP contribution in [0.15, 0.2) is 60.7 Å². The van der Waals surface area contributed by atoms with E-state index in [1.54, 1.807) is 0 Å². The Morgan fingerprint density at radius 1 is 0.923 bits per heavy atom. The Balaban J connectivity index is 1.69. The van der Waals surface area contributed by atoms with Gasteiger partial charge in [0.2, 0.25) is 17.7 Å². The zero-order valence-corrected chi connectivity index (χ0v) is 22.5. The van der Waals surface area contributed by atoms with Gasteiger partial charge in [0.25, 0.3) is 0 Å². The van der Waals surface area contributed by atoms with Crippen molar-refractivity contribution in [2.75, 3.05) is 13.2 Å². The van der Waals surface area contributed by atoms with Crippen LogP contribution >= 0.6 is 0 Å². The van der Waals surface area contributed by atoms with Crippen molar-refractivity contribution in [3.8, 4) is 0 Å². The predicted molar refractivity (Wildman–Crippen MR) is 145 cm³/mol. The van der Waals surface area contributed by atoms with E-state index in [9.17, 15) is 19.2 Å². The van der Waals surface area contributed by atoms with Crippen LogP contribution in [0.25, 0.3) is 0 Å². The second-order valence-corrected chi connectivity index (χ2v) is 10.0. The first kappa shape index (κ1) is 29.6. The number of rotatable bonds is 13. The van der Waals surface area contributed by atoms with Crippen LogP contribution in [-0.4, -0.2) is 60.0 Å². The number of hydrogen-bond acceptors (Lipinski definition) is 6. The molecule has 3 atom stereocenters. The molecule has 10 nitrogen and oxygen atoms in total. The highest BCUT2D eigenvalue weighted by Gasteiger charge is 2.37. The van der Waals surface area contributed by atoms with Gasteiger partial charge in [0.1, 0.15) is 24.7 Å². The SMILES string of the molecule is CC(C)CC(NC(=O)C(COCc1ccccc1)NC(=O)OCc1ccccc1)C(=O)N1CCCC1C(N)=O. The summed E-state index contributed by atoms with van der Waals surface area (Å²) >= 11 is 0. The monoisotopic (exact) mass is 538 g/mol. The Kier molecular flexibility index (Phi) is 11.3. The van der Waals surface area contributed by atoms with Crippen LogP contribution in [0, 0.1) is 5.92 Å². The van der Waals surface area contributed by atoms with Crippen molar-refractivity contribution in [3.63, 3.8) is 0 Å². The van der Waals surface area contributed by atoms with Crippen LogP contribution in [0.3, 0.4) is 0 Å². The number of nitrogens with one attached hydrogen (secondary N) is 2. The van der Waals surface area contributed by atoms with Crippen molar-refractivity contribution in [1.82, 2.24) is 15.5 Å². The number of hydrogen-bond donors (Lipinski definition) is 3. The first-order valence-electron chi connectivity index (χ1n) is 13.2. The summed E-state index contributed by atoms with van der Waals surface area (Å²) in [6.07, 6.45) is 0.714. The van der Waals surface area contributed by atoms with Crippen LogP contribution in [0.1, 0.15) is 44.2 Å². The molecule has 0 aromatic heterocycles. The second kappa shape index (κ2) is 14.9. The summed E-state index contributed by atoms with van der Waals surface area (Å²) in [6, 6.07) is 15.9. The van der Waals surface area contributed by atoms with E-state index in [1.165, 1.54) is 4.90 Å². The van der Waals surface area contributed by atoms with Gasteiger partial charge in [0.05, 0.1) is 13.2 Å². The van der Waals surface area contributed by atoms with Gasteiger partial charge in [-0.05, 0) is 36.3 Å². The second-order valence-electron chi connectivity index (χ2n) is 10.0. The largest absolute Gasteiger partial charge is 0.445 e. The van der Waals surface area contributed by atoms with Crippen molar-refractivity contribution in [1.29, 1.82) is 0 Å². The number of amides is 4. The molecule has 4 amide bonds. The van der Waals surface area contributed by atoms with E-state index in [0.29, 0.717) is 25.8 Å². The number of benzene rings is 2. The Bertz CT molecular complexity index is 1100. The highest BCUT2D eigenvalue weighted by atomic mass is 16.5. The number of ether oxygens (including phenoxy) is 2. The van der Waals surface area contributed by atoms with Gasteiger partial charge < -0.3 is 30.7 Å². The maximum Gasteiger partial charge on any atom is 0.408 e. The molecule has 1 heterocycles. The molecule has 4 N–H and O–H groups in total. The van der Waals surface area contributed by atoms with Crippen LogP contribution in [0.2, 0.25) is 0 Å². The number of alkyl carbamates (subject to hydrolysis) is 1. The number of nitrogens with zero attached hydrogens (tertiary/aromatic N) is 1. The molecular formula is C29H38N4O6. The van der Waals surface area contributed by atoms with Crippen LogP contribution < -0.4 is 16.4 Å². The minimum Gasteiger partial charge on any atom is -0.445 e. The Labute approximate surface area is 229 Å². The van der Waals surface area contributed by atoms with Gasteiger partial charge in [-0.15, -0.1) is 0 Å². The molecule has 2 aromatic rings. The molecule has 10 heteroatoms. The van der Waals surface area contributed by atoms with E-state index < -0.39 is 36.0 Å². The lowest BCUT2D eigenvalue weighted by Crippen LogP contribution is -2.57. The highest BCUT2D eigenvalue weighted by molar-refractivity contribution is 5.94. The topological polar surface area (TPSA) is 140 Å². The molecule has 1 aliphatic rings. The number of primary amides is 1. The fourth-order valence-corrected chi connectivity index (χ4v) is 4.45. The quantitative estimate of drug-likeness (QED) is 0.358. The zero-order chi connectivity index (χ0) is 28.2. The average molecular weight is 539 g/mol. The van der Waals surface area contributed by atoms with Crippen LogP contribution in [0.5, 0.6) is 0 Å². The van der Waals surface area contributed by atoms with E-state index in [0.717, 1.165) is 11.1 Å². The summed E-state index contributed by atoms with van der Waals surface area (Å²) in [5, 5.41) is 5.35. The first-order chi connectivity index (χ1) is 18.7. The molecule has 1 fully saturated rings. The molecule has 3 unspecified atom stereocenters. The molecular weight excluding hydrogens is 500 g/mol. The maximum atomic E-state index is 13.4. The van der Waals surface area contributed by atoms with Crippen LogP contribution in [0.4, 0.5) is 4.79 Å². The van der Waals surface area contributed by atoms with Gasteiger partial charge in [-0.2, -0.15) is 0 Å². The average Bonchev–Trinajstić information content (AvgIpc) is 3.42. The van der Waals surface area contributed by atoms with Crippen molar-refractivity contribution in [2.45, 2.75) is 64.4 Å². The zero-order valence-electron chi connectivity index (χ0n) is 22.5. The van der Waals surface area contributed by atoms with Crippen LogP contribution in [-0.2, 0) is 37.1 Å². The van der Waals surface area contributed by atoms with Crippen molar-refractivity contribution < 1.29 is 28.7 Å². The molecule has 0 aliphatic carbocycles. The standard InChI is InChI=1S/C29H38N4O6/c1-20(2)16-23(28(36)33-15-9-14-25(33)26(30)34)31-27(35)24(19-38-17-21-10-5-3-6-11-21)32-29(37)39-18-22-12-7-4-8-13-22/h3-8,10-13,20,23-25H,9,14-19H2,1-2H3,(H2,30,34)(H,31,35)(H,32,37). The fourth-order valence-electron chi connectivity index (χ4n) is 4.45. The third-order valence-electron chi connectivity index (χ3n) is 6.40. The number of likely N-dealkylation sites (tertiary alicyclic amines) is 1. The summed E-state index contributed by atoms with van der Waals surface area (Å²) in [5.41, 5.74) is 7.21. The highest BCUT2D eigenvalue weighted by Crippen LogP contribution is 2.20. The summed E-state index contributed by atoms with van der Waals surface area (Å²) < 4.78 is 11.1. The third-order valence-corrected chi connectivity index (χ3v) is 6.40. The molecule has 1 aliphatic heterocycles. The Hall–Kier alpha value is -3.92. The number of carbonyl (C=O) groups is 4. The molecule has 39 heavy (non-hydrogen) atoms. The van der Waals surface area contributed by atoms with E-state index in [1.807, 2.05) is 74.5 Å². The summed E-state index contributed by atoms with van der Waals surface area (Å²) in [7, 11) is 0. The van der Waals surface area contributed by atoms with Crippen molar-refractivity contribution in [2.24, 2.45) is 11.7 Å². The lowest BCUT2D eigenvalue weighted by Gasteiger charge is -2.29. The number of carbonyl (C=O) groups excluding carboxylic acids is 4. The minimum atomic E-state index is -1.12. The van der Waals surface area contributed by atoms with Crippen molar-refractivity contribution in [3.05, 3.63) is 71.8 Å². The molecule has 2 aromatic carbocycles. The Morgan fingerprint density at radius 2 is 1.54 bits per heavy atom. The molecule has 210 valence electrons. The van der Waals surface area contributed by atoms with Gasteiger partial charge in [-0.25, -0.2) is 4.79 Å². The maximum absolute atomic E-state index is 13.4. The van der Waals surface area contributed by atoms with E-state index in [-0.39, 0.29) is 31.6 Å². The fraction of sp³-hybridized carbons (Fsp3) is 0.448. The van der Waals surface area contributed by atoms with Gasteiger partial charge >= 0.3 is 6.09 Å². The molecule has 0 spiro atoms. The lowest BCUT2D eigenvalue weighted by molar-refractivity contribution is -0.141. The van der Waals surface area contributed by atoms with E-state index in [4.69, 9.17) is 15.2 Å². The van der Waals surface area contributed by atoms with Gasteiger partial charge in [-0.1, -0.05) is 74.5 Å². The normalized spacial score (nSPS) is 16.4. The lowest BCUT2D eigenvalue weighted by atomic mass is 10.0. The van der Waals surface area contributed by atoms with Gasteiger partial charge in [0, 0.05) is 6.54 Å². The predicted octanol–water partition coefficient (Wildman–Crippen LogP) is 2.51. The molecule has 1 saturated heterocycles. The summed E-state index contributed by atoms with van der Waals surface area (Å²) in [6.45, 7) is 4.38. The molecule has 0 saturated carbocycles. The van der Waals surface area contributed by atoms with E-state index >= 15 is 0 Å². The third kappa shape index (κ3) is 9.40. The van der Waals surface area contributed by atoms with Crippen molar-refractivity contribution >= 4 is 23.8 Å². The summed E-state index contributed by atoms with van der Waals surface area (Å²) in [5.74, 6) is -1.45. The smallest absolute Gasteiger partial charge is 0.408 e. The summed E-state index contributed by atoms with van der Waals surface area (Å²) in [4.78, 5) is 52.7. The van der Waals surface area contributed by atoms with E-state index in [2.05, 4.69) is 10.6 Å². The van der Waals surface area contributed by atoms with Gasteiger partial charge in [-0.3, -0.25) is 14.4 Å². The Morgan fingerprint density at radius 3 is 2.13 bits per heavy atom. The molecule has 0 radical (unpaired) electrons. The first-order valence-corrected chi connectivity index (χ1v) is 13.2. The molecule has 3 rings (SSSR count).